The van der Waals surface area contributed by atoms with Gasteiger partial charge in [-0.1, -0.05) is 26.8 Å². The molecule has 1 aromatic carbocycles. The lowest BCUT2D eigenvalue weighted by Gasteiger charge is -2.14. The van der Waals surface area contributed by atoms with Crippen molar-refractivity contribution in [3.8, 4) is 0 Å². The number of rotatable bonds is 3. The highest BCUT2D eigenvalue weighted by atomic mass is 32.2. The van der Waals surface area contributed by atoms with Gasteiger partial charge in [-0.05, 0) is 18.2 Å². The quantitative estimate of drug-likeness (QED) is 0.933. The minimum atomic E-state index is -3.34. The summed E-state index contributed by atoms with van der Waals surface area (Å²) < 4.78 is 23.1. The molecule has 0 spiro atoms. The van der Waals surface area contributed by atoms with Crippen molar-refractivity contribution in [2.45, 2.75) is 31.1 Å². The largest absolute Gasteiger partial charge is 0.298 e. The van der Waals surface area contributed by atoms with Crippen LogP contribution in [0.5, 0.6) is 0 Å². The van der Waals surface area contributed by atoms with Crippen molar-refractivity contribution in [3.63, 3.8) is 0 Å². The van der Waals surface area contributed by atoms with Gasteiger partial charge in [0.25, 0.3) is 5.91 Å². The lowest BCUT2D eigenvalue weighted by molar-refractivity contribution is 0.102. The number of sulfone groups is 1. The van der Waals surface area contributed by atoms with Crippen LogP contribution in [0.4, 0.5) is 5.13 Å². The maximum atomic E-state index is 12.2. The van der Waals surface area contributed by atoms with Gasteiger partial charge in [-0.25, -0.2) is 13.4 Å². The van der Waals surface area contributed by atoms with Crippen LogP contribution in [0.25, 0.3) is 0 Å². The number of amides is 1. The average molecular weight is 338 g/mol. The summed E-state index contributed by atoms with van der Waals surface area (Å²) in [7, 11) is -3.34. The van der Waals surface area contributed by atoms with Gasteiger partial charge in [0.2, 0.25) is 0 Å². The molecule has 0 aliphatic rings. The van der Waals surface area contributed by atoms with Crippen LogP contribution in [-0.2, 0) is 15.3 Å². The summed E-state index contributed by atoms with van der Waals surface area (Å²) in [5.74, 6) is -0.375. The fourth-order valence-electron chi connectivity index (χ4n) is 1.71. The van der Waals surface area contributed by atoms with Gasteiger partial charge in [-0.15, -0.1) is 11.3 Å². The number of thiazole rings is 1. The number of carbonyl (C=O) groups excluding carboxylic acids is 1. The van der Waals surface area contributed by atoms with E-state index in [1.807, 2.05) is 26.2 Å². The third-order valence-electron chi connectivity index (χ3n) is 3.02. The van der Waals surface area contributed by atoms with Crippen molar-refractivity contribution in [1.82, 2.24) is 4.98 Å². The first kappa shape index (κ1) is 16.6. The highest BCUT2D eigenvalue weighted by Crippen LogP contribution is 2.26. The zero-order valence-electron chi connectivity index (χ0n) is 12.9. The Morgan fingerprint density at radius 2 is 1.95 bits per heavy atom. The maximum Gasteiger partial charge on any atom is 0.257 e. The molecule has 0 saturated heterocycles. The predicted molar refractivity (Wildman–Crippen MR) is 88.3 cm³/mol. The summed E-state index contributed by atoms with van der Waals surface area (Å²) in [5, 5.41) is 5.11. The fraction of sp³-hybridized carbons (Fsp3) is 0.333. The second kappa shape index (κ2) is 5.81. The third-order valence-corrected chi connectivity index (χ3v) is 4.89. The van der Waals surface area contributed by atoms with E-state index >= 15 is 0 Å². The number of hydrogen-bond donors (Lipinski definition) is 1. The molecule has 0 saturated carbocycles. The van der Waals surface area contributed by atoms with Crippen molar-refractivity contribution >= 4 is 32.2 Å². The summed E-state index contributed by atoms with van der Waals surface area (Å²) in [4.78, 5) is 16.7. The summed E-state index contributed by atoms with van der Waals surface area (Å²) in [6.45, 7) is 6.13. The van der Waals surface area contributed by atoms with Gasteiger partial charge in [-0.3, -0.25) is 10.1 Å². The van der Waals surface area contributed by atoms with Crippen LogP contribution in [0.3, 0.4) is 0 Å². The van der Waals surface area contributed by atoms with Gasteiger partial charge in [-0.2, -0.15) is 0 Å². The Balaban J connectivity index is 2.21. The van der Waals surface area contributed by atoms with E-state index in [0.29, 0.717) is 5.13 Å². The maximum absolute atomic E-state index is 12.2. The molecule has 1 N–H and O–H groups in total. The summed E-state index contributed by atoms with van der Waals surface area (Å²) in [6.07, 6.45) is 1.11. The standard InChI is InChI=1S/C15H18N2O3S2/c1-15(2,3)12-9-21-14(16-12)17-13(18)10-6-5-7-11(8-10)22(4,19)20/h5-9H,1-4H3,(H,16,17,18). The molecule has 2 aromatic rings. The molecule has 1 aromatic heterocycles. The van der Waals surface area contributed by atoms with Gasteiger partial charge < -0.3 is 0 Å². The van der Waals surface area contributed by atoms with Crippen LogP contribution in [0.2, 0.25) is 0 Å². The van der Waals surface area contributed by atoms with Gasteiger partial charge in [0.1, 0.15) is 0 Å². The predicted octanol–water partition coefficient (Wildman–Crippen LogP) is 3.10. The van der Waals surface area contributed by atoms with Gasteiger partial charge in [0, 0.05) is 22.6 Å². The van der Waals surface area contributed by atoms with Crippen LogP contribution < -0.4 is 5.32 Å². The van der Waals surface area contributed by atoms with E-state index in [-0.39, 0.29) is 21.8 Å². The molecule has 2 rings (SSSR count). The van der Waals surface area contributed by atoms with Crippen molar-refractivity contribution < 1.29 is 13.2 Å². The number of carbonyl (C=O) groups is 1. The molecule has 22 heavy (non-hydrogen) atoms. The summed E-state index contributed by atoms with van der Waals surface area (Å²) >= 11 is 1.35. The lowest BCUT2D eigenvalue weighted by atomic mass is 9.93. The number of benzene rings is 1. The van der Waals surface area contributed by atoms with Crippen LogP contribution in [-0.4, -0.2) is 25.6 Å². The molecule has 1 amide bonds. The topological polar surface area (TPSA) is 76.1 Å². The van der Waals surface area contributed by atoms with E-state index in [1.165, 1.54) is 23.5 Å². The van der Waals surface area contributed by atoms with Crippen molar-refractivity contribution in [1.29, 1.82) is 0 Å². The number of nitrogens with one attached hydrogen (secondary N) is 1. The van der Waals surface area contributed by atoms with Gasteiger partial charge in [0.05, 0.1) is 10.6 Å². The Morgan fingerprint density at radius 3 is 2.50 bits per heavy atom. The molecule has 118 valence electrons. The lowest BCUT2D eigenvalue weighted by Crippen LogP contribution is -2.14. The first-order valence-electron chi connectivity index (χ1n) is 6.65. The van der Waals surface area contributed by atoms with E-state index in [9.17, 15) is 13.2 Å². The van der Waals surface area contributed by atoms with Crippen molar-refractivity contribution in [2.75, 3.05) is 11.6 Å². The molecule has 0 aliphatic carbocycles. The Morgan fingerprint density at radius 1 is 1.27 bits per heavy atom. The molecule has 7 heteroatoms. The fourth-order valence-corrected chi connectivity index (χ4v) is 3.31. The summed E-state index contributed by atoms with van der Waals surface area (Å²) in [5.41, 5.74) is 1.10. The molecule has 5 nitrogen and oxygen atoms in total. The highest BCUT2D eigenvalue weighted by molar-refractivity contribution is 7.90. The van der Waals surface area contributed by atoms with E-state index in [1.54, 1.807) is 12.1 Å². The molecular weight excluding hydrogens is 320 g/mol. The molecule has 0 fully saturated rings. The van der Waals surface area contributed by atoms with Gasteiger partial charge >= 0.3 is 0 Å². The van der Waals surface area contributed by atoms with Gasteiger partial charge in [0.15, 0.2) is 15.0 Å². The zero-order chi connectivity index (χ0) is 16.5. The van der Waals surface area contributed by atoms with E-state index in [2.05, 4.69) is 10.3 Å². The Hall–Kier alpha value is -1.73. The zero-order valence-corrected chi connectivity index (χ0v) is 14.5. The third kappa shape index (κ3) is 3.92. The SMILES string of the molecule is CC(C)(C)c1csc(NC(=O)c2cccc(S(C)(=O)=O)c2)n1. The Kier molecular flexibility index (Phi) is 4.39. The van der Waals surface area contributed by atoms with Crippen LogP contribution in [0.1, 0.15) is 36.8 Å². The van der Waals surface area contributed by atoms with Crippen molar-refractivity contribution in [3.05, 3.63) is 40.9 Å². The Labute approximate surface area is 134 Å². The minimum Gasteiger partial charge on any atom is -0.298 e. The molecular formula is C15H18N2O3S2. The van der Waals surface area contributed by atoms with Crippen LogP contribution >= 0.6 is 11.3 Å². The molecule has 0 atom stereocenters. The normalized spacial score (nSPS) is 12.2. The number of anilines is 1. The second-order valence-corrected chi connectivity index (χ2v) is 8.92. The number of aromatic nitrogens is 1. The second-order valence-electron chi connectivity index (χ2n) is 6.04. The van der Waals surface area contributed by atoms with E-state index in [0.717, 1.165) is 11.9 Å². The highest BCUT2D eigenvalue weighted by Gasteiger charge is 2.19. The smallest absolute Gasteiger partial charge is 0.257 e. The molecule has 0 radical (unpaired) electrons. The van der Waals surface area contributed by atoms with Crippen molar-refractivity contribution in [2.24, 2.45) is 0 Å². The molecule has 0 unspecified atom stereocenters. The molecule has 1 heterocycles. The monoisotopic (exact) mass is 338 g/mol. The first-order chi connectivity index (χ1) is 10.1. The average Bonchev–Trinajstić information content (AvgIpc) is 2.86. The van der Waals surface area contributed by atoms with E-state index < -0.39 is 9.84 Å². The molecule has 0 aliphatic heterocycles. The first-order valence-corrected chi connectivity index (χ1v) is 9.42. The van der Waals surface area contributed by atoms with E-state index in [4.69, 9.17) is 0 Å². The van der Waals surface area contributed by atoms with Crippen LogP contribution in [0, 0.1) is 0 Å². The minimum absolute atomic E-state index is 0.0876. The summed E-state index contributed by atoms with van der Waals surface area (Å²) in [6, 6.07) is 5.95. The molecule has 0 bridgehead atoms. The van der Waals surface area contributed by atoms with Crippen LogP contribution in [0.15, 0.2) is 34.5 Å². The number of nitrogens with zero attached hydrogens (tertiary/aromatic N) is 1. The Bertz CT molecular complexity index is 802. The number of hydrogen-bond acceptors (Lipinski definition) is 5.